The summed E-state index contributed by atoms with van der Waals surface area (Å²) in [6.07, 6.45) is 6.79. The lowest BCUT2D eigenvalue weighted by Crippen LogP contribution is -2.29. The van der Waals surface area contributed by atoms with E-state index in [0.29, 0.717) is 12.0 Å². The van der Waals surface area contributed by atoms with Gasteiger partial charge in [-0.3, -0.25) is 0 Å². The molecule has 1 aliphatic rings. The molecule has 1 aromatic rings. The van der Waals surface area contributed by atoms with Crippen molar-refractivity contribution in [2.75, 3.05) is 5.33 Å². The second kappa shape index (κ2) is 7.66. The highest BCUT2D eigenvalue weighted by atomic mass is 79.9. The summed E-state index contributed by atoms with van der Waals surface area (Å²) >= 11 is 9.86. The summed E-state index contributed by atoms with van der Waals surface area (Å²) in [6.45, 7) is 2.27. The maximum Gasteiger partial charge on any atom is 0.0939 e. The predicted molar refractivity (Wildman–Crippen MR) is 85.1 cm³/mol. The van der Waals surface area contributed by atoms with Crippen LogP contribution in [0.15, 0.2) is 24.3 Å². The third-order valence-electron chi connectivity index (χ3n) is 4.10. The summed E-state index contributed by atoms with van der Waals surface area (Å²) in [5.74, 6) is 0.706. The highest BCUT2D eigenvalue weighted by Gasteiger charge is 2.27. The van der Waals surface area contributed by atoms with Crippen LogP contribution in [-0.2, 0) is 4.74 Å². The number of rotatable bonds is 5. The van der Waals surface area contributed by atoms with Gasteiger partial charge in [0.2, 0.25) is 0 Å². The van der Waals surface area contributed by atoms with E-state index in [2.05, 4.69) is 28.9 Å². The number of hydrogen-bond acceptors (Lipinski definition) is 1. The second-order valence-corrected chi connectivity index (χ2v) is 6.35. The maximum atomic E-state index is 6.38. The normalized spacial score (nSPS) is 25.2. The van der Waals surface area contributed by atoms with E-state index in [9.17, 15) is 0 Å². The van der Waals surface area contributed by atoms with Crippen LogP contribution in [0.2, 0.25) is 5.02 Å². The predicted octanol–water partition coefficient (Wildman–Crippen LogP) is 5.76. The van der Waals surface area contributed by atoms with Crippen LogP contribution in [0.5, 0.6) is 0 Å². The molecular weight excluding hydrogens is 324 g/mol. The highest BCUT2D eigenvalue weighted by molar-refractivity contribution is 9.09. The molecule has 3 heteroatoms. The van der Waals surface area contributed by atoms with Crippen LogP contribution >= 0.6 is 27.5 Å². The van der Waals surface area contributed by atoms with E-state index < -0.39 is 0 Å². The maximum absolute atomic E-state index is 6.38. The largest absolute Gasteiger partial charge is 0.369 e. The number of halogens is 2. The van der Waals surface area contributed by atoms with Crippen LogP contribution in [0.3, 0.4) is 0 Å². The molecule has 0 radical (unpaired) electrons. The Morgan fingerprint density at radius 2 is 2.05 bits per heavy atom. The second-order valence-electron chi connectivity index (χ2n) is 5.29. The molecule has 0 saturated heterocycles. The standard InChI is InChI=1S/C16H22BrClO/c1-2-12-7-3-6-10-15(12)19-16(11-17)13-8-4-5-9-14(13)18/h4-5,8-9,12,15-16H,2-3,6-7,10-11H2,1H3. The van der Waals surface area contributed by atoms with E-state index in [1.807, 2.05) is 18.2 Å². The zero-order valence-electron chi connectivity index (χ0n) is 11.4. The molecule has 106 valence electrons. The Bertz CT molecular complexity index is 396. The van der Waals surface area contributed by atoms with Crippen LogP contribution < -0.4 is 0 Å². The van der Waals surface area contributed by atoms with E-state index in [0.717, 1.165) is 15.9 Å². The summed E-state index contributed by atoms with van der Waals surface area (Å²) < 4.78 is 6.38. The first-order chi connectivity index (χ1) is 9.26. The molecule has 19 heavy (non-hydrogen) atoms. The summed E-state index contributed by atoms with van der Waals surface area (Å²) in [4.78, 5) is 0. The fourth-order valence-corrected chi connectivity index (χ4v) is 3.72. The molecule has 0 spiro atoms. The van der Waals surface area contributed by atoms with Crippen molar-refractivity contribution < 1.29 is 4.74 Å². The first-order valence-corrected chi connectivity index (χ1v) is 8.72. The minimum Gasteiger partial charge on any atom is -0.369 e. The number of alkyl halides is 1. The van der Waals surface area contributed by atoms with Crippen molar-refractivity contribution in [3.05, 3.63) is 34.9 Å². The Morgan fingerprint density at radius 1 is 1.32 bits per heavy atom. The van der Waals surface area contributed by atoms with Crippen molar-refractivity contribution in [1.82, 2.24) is 0 Å². The van der Waals surface area contributed by atoms with Gasteiger partial charge in [-0.25, -0.2) is 0 Å². The average Bonchev–Trinajstić information content (AvgIpc) is 2.46. The smallest absolute Gasteiger partial charge is 0.0939 e. The minimum absolute atomic E-state index is 0.0610. The van der Waals surface area contributed by atoms with Gasteiger partial charge >= 0.3 is 0 Å². The Morgan fingerprint density at radius 3 is 2.74 bits per heavy atom. The molecule has 1 saturated carbocycles. The van der Waals surface area contributed by atoms with Crippen molar-refractivity contribution in [3.8, 4) is 0 Å². The monoisotopic (exact) mass is 344 g/mol. The van der Waals surface area contributed by atoms with Gasteiger partial charge in [0, 0.05) is 15.9 Å². The van der Waals surface area contributed by atoms with Crippen molar-refractivity contribution in [3.63, 3.8) is 0 Å². The molecule has 1 aromatic carbocycles. The summed E-state index contributed by atoms with van der Waals surface area (Å²) in [5, 5.41) is 1.60. The Hall–Kier alpha value is -0.0500. The fraction of sp³-hybridized carbons (Fsp3) is 0.625. The molecule has 0 aromatic heterocycles. The average molecular weight is 346 g/mol. The minimum atomic E-state index is 0.0610. The van der Waals surface area contributed by atoms with Gasteiger partial charge < -0.3 is 4.74 Å². The van der Waals surface area contributed by atoms with E-state index in [1.54, 1.807) is 0 Å². The van der Waals surface area contributed by atoms with E-state index >= 15 is 0 Å². The molecule has 3 unspecified atom stereocenters. The molecule has 0 amide bonds. The molecular formula is C16H22BrClO. The van der Waals surface area contributed by atoms with Crippen LogP contribution in [0.25, 0.3) is 0 Å². The van der Waals surface area contributed by atoms with Crippen molar-refractivity contribution in [2.45, 2.75) is 51.2 Å². The quantitative estimate of drug-likeness (QED) is 0.616. The SMILES string of the molecule is CCC1CCCCC1OC(CBr)c1ccccc1Cl. The van der Waals surface area contributed by atoms with Crippen molar-refractivity contribution in [1.29, 1.82) is 0 Å². The third-order valence-corrected chi connectivity index (χ3v) is 5.03. The van der Waals surface area contributed by atoms with E-state index in [4.69, 9.17) is 16.3 Å². The zero-order chi connectivity index (χ0) is 13.7. The topological polar surface area (TPSA) is 9.23 Å². The van der Waals surface area contributed by atoms with Crippen LogP contribution in [0.1, 0.15) is 50.7 Å². The molecule has 0 heterocycles. The molecule has 0 aliphatic heterocycles. The fourth-order valence-electron chi connectivity index (χ4n) is 2.96. The lowest BCUT2D eigenvalue weighted by molar-refractivity contribution is -0.0524. The summed E-state index contributed by atoms with van der Waals surface area (Å²) in [6, 6.07) is 8.00. The van der Waals surface area contributed by atoms with E-state index in [1.165, 1.54) is 32.1 Å². The summed E-state index contributed by atoms with van der Waals surface area (Å²) in [5.41, 5.74) is 1.10. The van der Waals surface area contributed by atoms with Gasteiger partial charge in [0.1, 0.15) is 0 Å². The van der Waals surface area contributed by atoms with Crippen molar-refractivity contribution >= 4 is 27.5 Å². The molecule has 2 rings (SSSR count). The molecule has 1 aliphatic carbocycles. The third kappa shape index (κ3) is 3.96. The zero-order valence-corrected chi connectivity index (χ0v) is 13.8. The lowest BCUT2D eigenvalue weighted by Gasteiger charge is -2.33. The van der Waals surface area contributed by atoms with Crippen LogP contribution in [0.4, 0.5) is 0 Å². The highest BCUT2D eigenvalue weighted by Crippen LogP contribution is 2.35. The van der Waals surface area contributed by atoms with Gasteiger partial charge in [-0.2, -0.15) is 0 Å². The molecule has 1 nitrogen and oxygen atoms in total. The van der Waals surface area contributed by atoms with Crippen molar-refractivity contribution in [2.24, 2.45) is 5.92 Å². The Balaban J connectivity index is 2.08. The molecule has 1 fully saturated rings. The van der Waals surface area contributed by atoms with Gasteiger partial charge in [-0.05, 0) is 24.8 Å². The molecule has 0 bridgehead atoms. The van der Waals surface area contributed by atoms with Crippen LogP contribution in [0, 0.1) is 5.92 Å². The van der Waals surface area contributed by atoms with Gasteiger partial charge in [0.15, 0.2) is 0 Å². The van der Waals surface area contributed by atoms with Gasteiger partial charge in [0.25, 0.3) is 0 Å². The number of hydrogen-bond donors (Lipinski definition) is 0. The lowest BCUT2D eigenvalue weighted by atomic mass is 9.84. The van der Waals surface area contributed by atoms with Gasteiger partial charge in [-0.15, -0.1) is 0 Å². The first-order valence-electron chi connectivity index (χ1n) is 7.22. The first kappa shape index (κ1) is 15.3. The van der Waals surface area contributed by atoms with Gasteiger partial charge in [-0.1, -0.05) is 71.9 Å². The number of ether oxygens (including phenoxy) is 1. The van der Waals surface area contributed by atoms with Crippen LogP contribution in [-0.4, -0.2) is 11.4 Å². The van der Waals surface area contributed by atoms with E-state index in [-0.39, 0.29) is 6.10 Å². The Kier molecular flexibility index (Phi) is 6.18. The molecule has 3 atom stereocenters. The Labute approximate surface area is 129 Å². The van der Waals surface area contributed by atoms with Gasteiger partial charge in [0.05, 0.1) is 12.2 Å². The number of benzene rings is 1. The summed E-state index contributed by atoms with van der Waals surface area (Å²) in [7, 11) is 0. The molecule has 0 N–H and O–H groups in total.